The Bertz CT molecular complexity index is 1400. The third-order valence-corrected chi connectivity index (χ3v) is 8.34. The Morgan fingerprint density at radius 1 is 0.974 bits per heavy atom. The van der Waals surface area contributed by atoms with Crippen LogP contribution < -0.4 is 9.62 Å². The number of hydrogen-bond acceptors (Lipinski definition) is 4. The van der Waals surface area contributed by atoms with Gasteiger partial charge in [-0.15, -0.1) is 0 Å². The predicted molar refractivity (Wildman–Crippen MR) is 155 cm³/mol. The zero-order valence-corrected chi connectivity index (χ0v) is 24.8. The Balaban J connectivity index is 2.03. The monoisotopic (exact) mass is 619 g/mol. The summed E-state index contributed by atoms with van der Waals surface area (Å²) in [6, 6.07) is 19.1. The van der Waals surface area contributed by atoms with E-state index in [0.29, 0.717) is 10.7 Å². The smallest absolute Gasteiger partial charge is 0.264 e. The van der Waals surface area contributed by atoms with Crippen molar-refractivity contribution in [2.75, 3.05) is 10.8 Å². The van der Waals surface area contributed by atoms with Gasteiger partial charge in [0, 0.05) is 22.1 Å². The molecule has 3 aromatic rings. The zero-order chi connectivity index (χ0) is 28.0. The third-order valence-electron chi connectivity index (χ3n) is 5.81. The molecule has 0 bridgehead atoms. The number of carbonyl (C=O) groups excluding carboxylic acids is 2. The Kier molecular flexibility index (Phi) is 9.98. The molecule has 1 unspecified atom stereocenters. The molecule has 0 aliphatic heterocycles. The maximum atomic E-state index is 13.9. The van der Waals surface area contributed by atoms with Crippen molar-refractivity contribution in [2.45, 2.75) is 51.2 Å². The average molecular weight is 621 g/mol. The summed E-state index contributed by atoms with van der Waals surface area (Å²) in [7, 11) is -4.14. The quantitative estimate of drug-likeness (QED) is 0.322. The molecule has 0 saturated carbocycles. The van der Waals surface area contributed by atoms with E-state index in [-0.39, 0.29) is 23.4 Å². The first-order valence-electron chi connectivity index (χ1n) is 12.1. The summed E-state index contributed by atoms with van der Waals surface area (Å²) in [5.41, 5.74) is 1.97. The lowest BCUT2D eigenvalue weighted by Crippen LogP contribution is -2.52. The molecule has 10 heteroatoms. The standard InChI is InChI=1S/C28H31BrClN3O4S/c1-19(2)31-28(35)21(4)32(17-22-8-6-9-23(29)16-22)27(34)18-33(25-10-5-7-20(3)15-25)38(36,37)26-13-11-24(30)12-14-26/h5-16,19,21H,17-18H2,1-4H3,(H,31,35). The van der Waals surface area contributed by atoms with Gasteiger partial charge < -0.3 is 10.2 Å². The van der Waals surface area contributed by atoms with E-state index in [0.717, 1.165) is 19.9 Å². The number of anilines is 1. The number of aryl methyl sites for hydroxylation is 1. The van der Waals surface area contributed by atoms with E-state index in [2.05, 4.69) is 21.2 Å². The number of benzene rings is 3. The second kappa shape index (κ2) is 12.8. The maximum Gasteiger partial charge on any atom is 0.264 e. The summed E-state index contributed by atoms with van der Waals surface area (Å²) in [6.45, 7) is 6.77. The van der Waals surface area contributed by atoms with Crippen molar-refractivity contribution in [1.82, 2.24) is 10.2 Å². The summed E-state index contributed by atoms with van der Waals surface area (Å²) in [6.07, 6.45) is 0. The Hall–Kier alpha value is -2.88. The third kappa shape index (κ3) is 7.58. The first-order chi connectivity index (χ1) is 17.9. The van der Waals surface area contributed by atoms with Crippen LogP contribution in [-0.4, -0.2) is 43.8 Å². The van der Waals surface area contributed by atoms with Crippen LogP contribution >= 0.6 is 27.5 Å². The van der Waals surface area contributed by atoms with Gasteiger partial charge in [-0.05, 0) is 87.4 Å². The first kappa shape index (κ1) is 29.7. The molecular weight excluding hydrogens is 590 g/mol. The van der Waals surface area contributed by atoms with E-state index in [4.69, 9.17) is 11.6 Å². The molecule has 1 atom stereocenters. The van der Waals surface area contributed by atoms with Crippen molar-refractivity contribution in [2.24, 2.45) is 0 Å². The molecule has 0 aromatic heterocycles. The largest absolute Gasteiger partial charge is 0.352 e. The lowest BCUT2D eigenvalue weighted by molar-refractivity contribution is -0.139. The van der Waals surface area contributed by atoms with Gasteiger partial charge in [-0.25, -0.2) is 8.42 Å². The molecule has 38 heavy (non-hydrogen) atoms. The number of halogens is 2. The fourth-order valence-corrected chi connectivity index (χ4v) is 5.84. The van der Waals surface area contributed by atoms with Crippen LogP contribution in [0, 0.1) is 6.92 Å². The van der Waals surface area contributed by atoms with Crippen LogP contribution in [0.15, 0.2) is 82.2 Å². The molecule has 0 heterocycles. The van der Waals surface area contributed by atoms with Crippen LogP contribution in [0.2, 0.25) is 5.02 Å². The zero-order valence-electron chi connectivity index (χ0n) is 21.7. The van der Waals surface area contributed by atoms with Crippen molar-refractivity contribution >= 4 is 55.1 Å². The summed E-state index contributed by atoms with van der Waals surface area (Å²) >= 11 is 9.43. The van der Waals surface area contributed by atoms with E-state index >= 15 is 0 Å². The number of carbonyl (C=O) groups is 2. The SMILES string of the molecule is Cc1cccc(N(CC(=O)N(Cc2cccc(Br)c2)C(C)C(=O)NC(C)C)S(=O)(=O)c2ccc(Cl)cc2)c1. The summed E-state index contributed by atoms with van der Waals surface area (Å²) in [5, 5.41) is 3.24. The number of nitrogens with one attached hydrogen (secondary N) is 1. The van der Waals surface area contributed by atoms with Crippen molar-refractivity contribution < 1.29 is 18.0 Å². The number of sulfonamides is 1. The first-order valence-corrected chi connectivity index (χ1v) is 14.7. The van der Waals surface area contributed by atoms with Crippen LogP contribution in [0.4, 0.5) is 5.69 Å². The Morgan fingerprint density at radius 2 is 1.63 bits per heavy atom. The number of amides is 2. The topological polar surface area (TPSA) is 86.8 Å². The molecule has 0 spiro atoms. The Morgan fingerprint density at radius 3 is 2.24 bits per heavy atom. The fraction of sp³-hybridized carbons (Fsp3) is 0.286. The van der Waals surface area contributed by atoms with Crippen LogP contribution in [0.25, 0.3) is 0 Å². The van der Waals surface area contributed by atoms with Crippen molar-refractivity contribution in [1.29, 1.82) is 0 Å². The van der Waals surface area contributed by atoms with Crippen LogP contribution in [-0.2, 0) is 26.2 Å². The number of nitrogens with zero attached hydrogens (tertiary/aromatic N) is 2. The van der Waals surface area contributed by atoms with E-state index in [9.17, 15) is 18.0 Å². The van der Waals surface area contributed by atoms with Crippen molar-refractivity contribution in [3.8, 4) is 0 Å². The molecule has 0 radical (unpaired) electrons. The molecule has 202 valence electrons. The lowest BCUT2D eigenvalue weighted by Gasteiger charge is -2.32. The predicted octanol–water partition coefficient (Wildman–Crippen LogP) is 5.55. The highest BCUT2D eigenvalue weighted by atomic mass is 79.9. The van der Waals surface area contributed by atoms with Gasteiger partial charge in [0.15, 0.2) is 0 Å². The number of hydrogen-bond donors (Lipinski definition) is 1. The molecule has 0 aliphatic carbocycles. The molecule has 0 saturated heterocycles. The molecular formula is C28H31BrClN3O4S. The molecule has 1 N–H and O–H groups in total. The van der Waals surface area contributed by atoms with E-state index in [1.807, 2.05) is 51.1 Å². The van der Waals surface area contributed by atoms with Crippen LogP contribution in [0.3, 0.4) is 0 Å². The van der Waals surface area contributed by atoms with Crippen molar-refractivity contribution in [3.63, 3.8) is 0 Å². The second-order valence-corrected chi connectivity index (χ2v) is 12.5. The maximum absolute atomic E-state index is 13.9. The number of rotatable bonds is 10. The summed E-state index contributed by atoms with van der Waals surface area (Å²) in [4.78, 5) is 28.2. The van der Waals surface area contributed by atoms with Gasteiger partial charge in [0.25, 0.3) is 10.0 Å². The lowest BCUT2D eigenvalue weighted by atomic mass is 10.1. The molecule has 2 amide bonds. The minimum atomic E-state index is -4.14. The molecule has 7 nitrogen and oxygen atoms in total. The molecule has 0 aliphatic rings. The van der Waals surface area contributed by atoms with Gasteiger partial charge in [-0.1, -0.05) is 51.8 Å². The van der Waals surface area contributed by atoms with E-state index in [1.165, 1.54) is 29.2 Å². The van der Waals surface area contributed by atoms with Crippen LogP contribution in [0.5, 0.6) is 0 Å². The summed E-state index contributed by atoms with van der Waals surface area (Å²) in [5.74, 6) is -0.846. The summed E-state index contributed by atoms with van der Waals surface area (Å²) < 4.78 is 29.5. The highest BCUT2D eigenvalue weighted by Crippen LogP contribution is 2.26. The molecule has 3 aromatic carbocycles. The molecule has 3 rings (SSSR count). The van der Waals surface area contributed by atoms with Gasteiger partial charge in [-0.2, -0.15) is 0 Å². The van der Waals surface area contributed by atoms with Gasteiger partial charge in [0.05, 0.1) is 10.6 Å². The van der Waals surface area contributed by atoms with E-state index in [1.54, 1.807) is 25.1 Å². The van der Waals surface area contributed by atoms with Gasteiger partial charge in [0.1, 0.15) is 12.6 Å². The minimum Gasteiger partial charge on any atom is -0.352 e. The highest BCUT2D eigenvalue weighted by Gasteiger charge is 2.32. The Labute approximate surface area is 238 Å². The normalized spacial score (nSPS) is 12.2. The highest BCUT2D eigenvalue weighted by molar-refractivity contribution is 9.10. The average Bonchev–Trinajstić information content (AvgIpc) is 2.85. The second-order valence-electron chi connectivity index (χ2n) is 9.30. The van der Waals surface area contributed by atoms with Crippen molar-refractivity contribution in [3.05, 3.63) is 93.4 Å². The molecule has 0 fully saturated rings. The van der Waals surface area contributed by atoms with Gasteiger partial charge in [-0.3, -0.25) is 13.9 Å². The van der Waals surface area contributed by atoms with E-state index < -0.39 is 28.5 Å². The van der Waals surface area contributed by atoms with Gasteiger partial charge in [0.2, 0.25) is 11.8 Å². The van der Waals surface area contributed by atoms with Gasteiger partial charge >= 0.3 is 0 Å². The minimum absolute atomic E-state index is 0.000320. The van der Waals surface area contributed by atoms with Crippen LogP contribution in [0.1, 0.15) is 31.9 Å². The fourth-order valence-electron chi connectivity index (χ4n) is 3.87.